The molecule has 0 aromatic heterocycles. The SMILES string of the molecule is O=C(O)CCC1=CCC(O)(Cl)C=C1. The first-order valence-corrected chi connectivity index (χ1v) is 4.39. The second kappa shape index (κ2) is 3.94. The monoisotopic (exact) mass is 202 g/mol. The van der Waals surface area contributed by atoms with Crippen molar-refractivity contribution in [3.8, 4) is 0 Å². The number of alkyl halides is 1. The van der Waals surface area contributed by atoms with Crippen LogP contribution in [0.2, 0.25) is 0 Å². The second-order valence-corrected chi connectivity index (χ2v) is 3.68. The molecule has 0 saturated heterocycles. The highest BCUT2D eigenvalue weighted by Crippen LogP contribution is 2.26. The lowest BCUT2D eigenvalue weighted by Crippen LogP contribution is -2.18. The Balaban J connectivity index is 2.44. The van der Waals surface area contributed by atoms with Crippen LogP contribution in [0.1, 0.15) is 19.3 Å². The first kappa shape index (κ1) is 10.3. The van der Waals surface area contributed by atoms with Gasteiger partial charge in [0, 0.05) is 12.8 Å². The molecule has 1 rings (SSSR count). The van der Waals surface area contributed by atoms with Crippen molar-refractivity contribution in [1.29, 1.82) is 0 Å². The molecule has 13 heavy (non-hydrogen) atoms. The van der Waals surface area contributed by atoms with E-state index in [0.717, 1.165) is 5.57 Å². The smallest absolute Gasteiger partial charge is 0.303 e. The Bertz CT molecular complexity index is 266. The Morgan fingerprint density at radius 1 is 1.69 bits per heavy atom. The van der Waals surface area contributed by atoms with Crippen LogP contribution >= 0.6 is 11.6 Å². The fraction of sp³-hybridized carbons (Fsp3) is 0.444. The van der Waals surface area contributed by atoms with Gasteiger partial charge in [-0.25, -0.2) is 0 Å². The van der Waals surface area contributed by atoms with Crippen molar-refractivity contribution in [2.24, 2.45) is 0 Å². The predicted molar refractivity (Wildman–Crippen MR) is 49.5 cm³/mol. The van der Waals surface area contributed by atoms with Gasteiger partial charge in [0.25, 0.3) is 0 Å². The van der Waals surface area contributed by atoms with Gasteiger partial charge >= 0.3 is 5.97 Å². The zero-order chi connectivity index (χ0) is 9.90. The van der Waals surface area contributed by atoms with Crippen LogP contribution in [-0.4, -0.2) is 21.2 Å². The van der Waals surface area contributed by atoms with E-state index in [1.165, 1.54) is 6.08 Å². The molecule has 1 unspecified atom stereocenters. The van der Waals surface area contributed by atoms with Gasteiger partial charge in [-0.1, -0.05) is 29.3 Å². The van der Waals surface area contributed by atoms with Gasteiger partial charge in [0.2, 0.25) is 0 Å². The van der Waals surface area contributed by atoms with Crippen LogP contribution in [0.3, 0.4) is 0 Å². The standard InChI is InChI=1S/C9H11ClO3/c10-9(13)5-3-7(4-6-9)1-2-8(11)12/h3-5,13H,1-2,6H2,(H,11,12). The Morgan fingerprint density at radius 3 is 2.85 bits per heavy atom. The number of carbonyl (C=O) groups is 1. The summed E-state index contributed by atoms with van der Waals surface area (Å²) in [5.41, 5.74) is 0.910. The summed E-state index contributed by atoms with van der Waals surface area (Å²) in [4.78, 5) is 10.2. The zero-order valence-corrected chi connectivity index (χ0v) is 7.79. The van der Waals surface area contributed by atoms with Crippen LogP contribution in [0.5, 0.6) is 0 Å². The van der Waals surface area contributed by atoms with Crippen LogP contribution in [0.4, 0.5) is 0 Å². The Morgan fingerprint density at radius 2 is 2.38 bits per heavy atom. The number of carboxylic acid groups (broad SMARTS) is 1. The van der Waals surface area contributed by atoms with Gasteiger partial charge in [-0.05, 0) is 12.5 Å². The van der Waals surface area contributed by atoms with Gasteiger partial charge in [-0.2, -0.15) is 0 Å². The number of hydrogen-bond donors (Lipinski definition) is 2. The van der Waals surface area contributed by atoms with E-state index in [2.05, 4.69) is 0 Å². The molecule has 0 bridgehead atoms. The first-order valence-electron chi connectivity index (χ1n) is 4.01. The molecule has 0 aromatic carbocycles. The average Bonchev–Trinajstić information content (AvgIpc) is 2.02. The van der Waals surface area contributed by atoms with Gasteiger partial charge in [-0.15, -0.1) is 0 Å². The molecule has 0 spiro atoms. The summed E-state index contributed by atoms with van der Waals surface area (Å²) in [6.07, 6.45) is 5.83. The number of allylic oxidation sites excluding steroid dienone is 2. The largest absolute Gasteiger partial charge is 0.481 e. The van der Waals surface area contributed by atoms with E-state index in [4.69, 9.17) is 16.7 Å². The van der Waals surface area contributed by atoms with Gasteiger partial charge in [0.15, 0.2) is 5.06 Å². The number of rotatable bonds is 3. The second-order valence-electron chi connectivity index (χ2n) is 3.03. The number of aliphatic carboxylic acids is 1. The van der Waals surface area contributed by atoms with Crippen molar-refractivity contribution in [1.82, 2.24) is 0 Å². The average molecular weight is 203 g/mol. The molecule has 1 atom stereocenters. The Hall–Kier alpha value is -0.800. The number of hydrogen-bond acceptors (Lipinski definition) is 2. The molecule has 4 heteroatoms. The van der Waals surface area contributed by atoms with Crippen molar-refractivity contribution in [3.05, 3.63) is 23.8 Å². The Labute approximate surface area is 81.3 Å². The summed E-state index contributed by atoms with van der Waals surface area (Å²) in [6.45, 7) is 0. The quantitative estimate of drug-likeness (QED) is 0.685. The van der Waals surface area contributed by atoms with Crippen molar-refractivity contribution in [2.75, 3.05) is 0 Å². The van der Waals surface area contributed by atoms with Crippen molar-refractivity contribution in [3.63, 3.8) is 0 Å². The van der Waals surface area contributed by atoms with Crippen LogP contribution in [0.15, 0.2) is 23.8 Å². The molecule has 0 amide bonds. The van der Waals surface area contributed by atoms with Crippen LogP contribution in [-0.2, 0) is 4.79 Å². The molecule has 72 valence electrons. The van der Waals surface area contributed by atoms with Crippen LogP contribution < -0.4 is 0 Å². The number of halogens is 1. The van der Waals surface area contributed by atoms with Crippen molar-refractivity contribution < 1.29 is 15.0 Å². The summed E-state index contributed by atoms with van der Waals surface area (Å²) in [6, 6.07) is 0. The number of aliphatic hydroxyl groups is 1. The highest BCUT2D eigenvalue weighted by Gasteiger charge is 2.20. The fourth-order valence-corrected chi connectivity index (χ4v) is 1.22. The molecule has 2 N–H and O–H groups in total. The molecule has 0 saturated carbocycles. The third-order valence-corrected chi connectivity index (χ3v) is 2.11. The van der Waals surface area contributed by atoms with E-state index in [-0.39, 0.29) is 6.42 Å². The summed E-state index contributed by atoms with van der Waals surface area (Å²) in [5.74, 6) is -0.819. The lowest BCUT2D eigenvalue weighted by Gasteiger charge is -2.18. The normalized spacial score (nSPS) is 27.1. The molecule has 0 radical (unpaired) electrons. The topological polar surface area (TPSA) is 57.5 Å². The van der Waals surface area contributed by atoms with Gasteiger partial charge in [0.05, 0.1) is 0 Å². The van der Waals surface area contributed by atoms with Gasteiger partial charge in [0.1, 0.15) is 0 Å². The summed E-state index contributed by atoms with van der Waals surface area (Å²) in [7, 11) is 0. The maximum atomic E-state index is 10.2. The van der Waals surface area contributed by atoms with Crippen molar-refractivity contribution in [2.45, 2.75) is 24.3 Å². The molecule has 1 aliphatic rings. The Kier molecular flexibility index (Phi) is 3.12. The summed E-state index contributed by atoms with van der Waals surface area (Å²) < 4.78 is 0. The van der Waals surface area contributed by atoms with E-state index in [1.807, 2.05) is 0 Å². The molecule has 0 aromatic rings. The minimum Gasteiger partial charge on any atom is -0.481 e. The van der Waals surface area contributed by atoms with Gasteiger partial charge < -0.3 is 10.2 Å². The third kappa shape index (κ3) is 3.61. The maximum Gasteiger partial charge on any atom is 0.303 e. The molecule has 0 heterocycles. The van der Waals surface area contributed by atoms with E-state index in [0.29, 0.717) is 12.8 Å². The van der Waals surface area contributed by atoms with Gasteiger partial charge in [-0.3, -0.25) is 4.79 Å². The van der Waals surface area contributed by atoms with Crippen LogP contribution in [0.25, 0.3) is 0 Å². The maximum absolute atomic E-state index is 10.2. The third-order valence-electron chi connectivity index (χ3n) is 1.83. The molecule has 0 fully saturated rings. The summed E-state index contributed by atoms with van der Waals surface area (Å²) >= 11 is 5.61. The lowest BCUT2D eigenvalue weighted by molar-refractivity contribution is -0.136. The molecule has 1 aliphatic carbocycles. The fourth-order valence-electron chi connectivity index (χ4n) is 1.08. The minimum atomic E-state index is -1.28. The van der Waals surface area contributed by atoms with E-state index in [9.17, 15) is 9.90 Å². The molecule has 0 aliphatic heterocycles. The molecular weight excluding hydrogens is 192 g/mol. The van der Waals surface area contributed by atoms with Crippen molar-refractivity contribution >= 4 is 17.6 Å². The number of carboxylic acids is 1. The van der Waals surface area contributed by atoms with E-state index >= 15 is 0 Å². The molecule has 3 nitrogen and oxygen atoms in total. The lowest BCUT2D eigenvalue weighted by atomic mass is 10.0. The zero-order valence-electron chi connectivity index (χ0n) is 7.03. The highest BCUT2D eigenvalue weighted by atomic mass is 35.5. The molecular formula is C9H11ClO3. The highest BCUT2D eigenvalue weighted by molar-refractivity contribution is 6.24. The van der Waals surface area contributed by atoms with Crippen LogP contribution in [0, 0.1) is 0 Å². The minimum absolute atomic E-state index is 0.108. The predicted octanol–water partition coefficient (Wildman–Crippen LogP) is 1.66. The van der Waals surface area contributed by atoms with E-state index < -0.39 is 11.0 Å². The van der Waals surface area contributed by atoms with E-state index in [1.54, 1.807) is 12.2 Å². The summed E-state index contributed by atoms with van der Waals surface area (Å²) in [5, 5.41) is 16.4. The first-order chi connectivity index (χ1) is 5.99.